The van der Waals surface area contributed by atoms with Crippen molar-refractivity contribution in [3.8, 4) is 0 Å². The van der Waals surface area contributed by atoms with Crippen LogP contribution in [0.1, 0.15) is 78.1 Å². The summed E-state index contributed by atoms with van der Waals surface area (Å²) in [7, 11) is 0. The Morgan fingerprint density at radius 3 is 2.50 bits per heavy atom. The zero-order valence-corrected chi connectivity index (χ0v) is 15.3. The van der Waals surface area contributed by atoms with E-state index in [0.717, 1.165) is 25.8 Å². The molecule has 0 heterocycles. The second-order valence-electron chi connectivity index (χ2n) is 8.09. The molecule has 0 bridgehead atoms. The summed E-state index contributed by atoms with van der Waals surface area (Å²) in [6.45, 7) is 5.16. The molecule has 0 radical (unpaired) electrons. The molecule has 0 spiro atoms. The quantitative estimate of drug-likeness (QED) is 0.656. The van der Waals surface area contributed by atoms with Gasteiger partial charge < -0.3 is 10.6 Å². The SMILES string of the molecule is CCCCC(C)CC(=O)NC1CC(NCC2CCC(F)(F)CC2)C1. The molecule has 0 aromatic carbocycles. The Labute approximate surface area is 145 Å². The van der Waals surface area contributed by atoms with E-state index in [-0.39, 0.29) is 18.7 Å². The van der Waals surface area contributed by atoms with Crippen LogP contribution >= 0.6 is 0 Å². The van der Waals surface area contributed by atoms with Gasteiger partial charge in [0.15, 0.2) is 0 Å². The van der Waals surface area contributed by atoms with Crippen molar-refractivity contribution in [2.45, 2.75) is 96.1 Å². The molecule has 2 N–H and O–H groups in total. The molecule has 2 aliphatic carbocycles. The normalized spacial score (nSPS) is 28.2. The Bertz CT molecular complexity index is 387. The van der Waals surface area contributed by atoms with Crippen LogP contribution in [0.25, 0.3) is 0 Å². The highest BCUT2D eigenvalue weighted by molar-refractivity contribution is 5.76. The summed E-state index contributed by atoms with van der Waals surface area (Å²) in [5.41, 5.74) is 0. The van der Waals surface area contributed by atoms with Crippen molar-refractivity contribution in [1.82, 2.24) is 10.6 Å². The minimum absolute atomic E-state index is 0.0406. The Morgan fingerprint density at radius 1 is 1.21 bits per heavy atom. The van der Waals surface area contributed by atoms with E-state index in [0.29, 0.717) is 43.2 Å². The molecular formula is C19H34F2N2O. The summed E-state index contributed by atoms with van der Waals surface area (Å²) < 4.78 is 26.3. The fraction of sp³-hybridized carbons (Fsp3) is 0.947. The summed E-state index contributed by atoms with van der Waals surface area (Å²) in [5.74, 6) is -1.41. The van der Waals surface area contributed by atoms with Crippen molar-refractivity contribution >= 4 is 5.91 Å². The van der Waals surface area contributed by atoms with Gasteiger partial charge in [-0.1, -0.05) is 33.1 Å². The molecule has 3 nitrogen and oxygen atoms in total. The molecule has 0 aromatic heterocycles. The number of unbranched alkanes of at least 4 members (excludes halogenated alkanes) is 1. The van der Waals surface area contributed by atoms with Gasteiger partial charge in [-0.05, 0) is 44.1 Å². The third kappa shape index (κ3) is 6.66. The van der Waals surface area contributed by atoms with Crippen LogP contribution < -0.4 is 10.6 Å². The molecule has 2 fully saturated rings. The van der Waals surface area contributed by atoms with Gasteiger partial charge in [-0.3, -0.25) is 4.79 Å². The number of amides is 1. The first-order valence-corrected chi connectivity index (χ1v) is 9.78. The molecule has 0 aliphatic heterocycles. The highest BCUT2D eigenvalue weighted by atomic mass is 19.3. The third-order valence-corrected chi connectivity index (χ3v) is 5.62. The van der Waals surface area contributed by atoms with Gasteiger partial charge in [0.05, 0.1) is 0 Å². The predicted octanol–water partition coefficient (Wildman–Crippen LogP) is 4.27. The van der Waals surface area contributed by atoms with E-state index < -0.39 is 5.92 Å². The van der Waals surface area contributed by atoms with Gasteiger partial charge in [0.1, 0.15) is 0 Å². The van der Waals surface area contributed by atoms with Crippen molar-refractivity contribution in [2.75, 3.05) is 6.54 Å². The smallest absolute Gasteiger partial charge is 0.248 e. The van der Waals surface area contributed by atoms with Crippen molar-refractivity contribution in [3.05, 3.63) is 0 Å². The van der Waals surface area contributed by atoms with Crippen LogP contribution in [-0.4, -0.2) is 30.5 Å². The maximum atomic E-state index is 13.1. The van der Waals surface area contributed by atoms with E-state index in [1.807, 2.05) is 0 Å². The second kappa shape index (κ2) is 9.12. The van der Waals surface area contributed by atoms with E-state index >= 15 is 0 Å². The maximum absolute atomic E-state index is 13.1. The molecule has 2 saturated carbocycles. The minimum Gasteiger partial charge on any atom is -0.353 e. The van der Waals surface area contributed by atoms with Crippen molar-refractivity contribution < 1.29 is 13.6 Å². The zero-order chi connectivity index (χ0) is 17.6. The molecule has 0 aromatic rings. The first-order chi connectivity index (χ1) is 11.4. The lowest BCUT2D eigenvalue weighted by Gasteiger charge is -2.38. The van der Waals surface area contributed by atoms with Crippen LogP contribution in [-0.2, 0) is 4.79 Å². The van der Waals surface area contributed by atoms with Crippen molar-refractivity contribution in [3.63, 3.8) is 0 Å². The van der Waals surface area contributed by atoms with E-state index in [9.17, 15) is 13.6 Å². The van der Waals surface area contributed by atoms with Crippen LogP contribution in [0.3, 0.4) is 0 Å². The van der Waals surface area contributed by atoms with Gasteiger partial charge in [0.25, 0.3) is 0 Å². The molecule has 5 heteroatoms. The lowest BCUT2D eigenvalue weighted by Crippen LogP contribution is -2.53. The van der Waals surface area contributed by atoms with Gasteiger partial charge in [0.2, 0.25) is 11.8 Å². The fourth-order valence-electron chi connectivity index (χ4n) is 3.80. The molecule has 1 unspecified atom stereocenters. The van der Waals surface area contributed by atoms with Gasteiger partial charge >= 0.3 is 0 Å². The number of halogens is 2. The lowest BCUT2D eigenvalue weighted by atomic mass is 9.84. The fourth-order valence-corrected chi connectivity index (χ4v) is 3.80. The molecule has 1 atom stereocenters. The third-order valence-electron chi connectivity index (χ3n) is 5.62. The Hall–Kier alpha value is -0.710. The van der Waals surface area contributed by atoms with Crippen LogP contribution in [0.5, 0.6) is 0 Å². The summed E-state index contributed by atoms with van der Waals surface area (Å²) in [5, 5.41) is 6.62. The van der Waals surface area contributed by atoms with Gasteiger partial charge in [-0.15, -0.1) is 0 Å². The maximum Gasteiger partial charge on any atom is 0.248 e. The topological polar surface area (TPSA) is 41.1 Å². The average Bonchev–Trinajstić information content (AvgIpc) is 2.48. The summed E-state index contributed by atoms with van der Waals surface area (Å²) in [4.78, 5) is 12.0. The Morgan fingerprint density at radius 2 is 1.88 bits per heavy atom. The van der Waals surface area contributed by atoms with Gasteiger partial charge in [-0.25, -0.2) is 8.78 Å². The van der Waals surface area contributed by atoms with E-state index in [2.05, 4.69) is 24.5 Å². The molecule has 0 saturated heterocycles. The minimum atomic E-state index is -2.43. The number of hydrogen-bond acceptors (Lipinski definition) is 2. The van der Waals surface area contributed by atoms with Crippen LogP contribution in [0, 0.1) is 11.8 Å². The number of carbonyl (C=O) groups excluding carboxylic acids is 1. The summed E-state index contributed by atoms with van der Waals surface area (Å²) in [6.07, 6.45) is 7.40. The van der Waals surface area contributed by atoms with Gasteiger partial charge in [-0.2, -0.15) is 0 Å². The molecular weight excluding hydrogens is 310 g/mol. The average molecular weight is 344 g/mol. The van der Waals surface area contributed by atoms with E-state index in [1.54, 1.807) is 0 Å². The van der Waals surface area contributed by atoms with Gasteiger partial charge in [0, 0.05) is 31.3 Å². The van der Waals surface area contributed by atoms with E-state index in [1.165, 1.54) is 12.8 Å². The largest absolute Gasteiger partial charge is 0.353 e. The Balaban J connectivity index is 1.51. The predicted molar refractivity (Wildman–Crippen MR) is 93.2 cm³/mol. The highest BCUT2D eigenvalue weighted by Gasteiger charge is 2.36. The molecule has 140 valence electrons. The highest BCUT2D eigenvalue weighted by Crippen LogP contribution is 2.36. The standard InChI is InChI=1S/C19H34F2N2O/c1-3-4-5-14(2)10-18(24)23-17-11-16(12-17)22-13-15-6-8-19(20,21)9-7-15/h14-17,22H,3-13H2,1-2H3,(H,23,24). The zero-order valence-electron chi connectivity index (χ0n) is 15.3. The van der Waals surface area contributed by atoms with Crippen molar-refractivity contribution in [1.29, 1.82) is 0 Å². The molecule has 24 heavy (non-hydrogen) atoms. The number of rotatable bonds is 9. The molecule has 1 amide bonds. The number of carbonyl (C=O) groups is 1. The first-order valence-electron chi connectivity index (χ1n) is 9.78. The Kier molecular flexibility index (Phi) is 7.45. The van der Waals surface area contributed by atoms with Crippen LogP contribution in [0.4, 0.5) is 8.78 Å². The van der Waals surface area contributed by atoms with E-state index in [4.69, 9.17) is 0 Å². The lowest BCUT2D eigenvalue weighted by molar-refractivity contribution is -0.123. The van der Waals surface area contributed by atoms with Crippen LogP contribution in [0.15, 0.2) is 0 Å². The molecule has 2 aliphatic rings. The van der Waals surface area contributed by atoms with Crippen molar-refractivity contribution in [2.24, 2.45) is 11.8 Å². The summed E-state index contributed by atoms with van der Waals surface area (Å²) in [6, 6.07) is 0.735. The van der Waals surface area contributed by atoms with Crippen LogP contribution in [0.2, 0.25) is 0 Å². The molecule has 2 rings (SSSR count). The number of nitrogens with one attached hydrogen (secondary N) is 2. The monoisotopic (exact) mass is 344 g/mol. The number of hydrogen-bond donors (Lipinski definition) is 2. The summed E-state index contributed by atoms with van der Waals surface area (Å²) >= 11 is 0. The first kappa shape index (κ1) is 19.6. The second-order valence-corrected chi connectivity index (χ2v) is 8.09. The number of alkyl halides is 2.